The molecule has 2 heterocycles. The van der Waals surface area contributed by atoms with Crippen LogP contribution in [-0.2, 0) is 15.0 Å². The van der Waals surface area contributed by atoms with Gasteiger partial charge in [-0.3, -0.25) is 19.2 Å². The van der Waals surface area contributed by atoms with Crippen molar-refractivity contribution in [3.63, 3.8) is 0 Å². The Kier molecular flexibility index (Phi) is 8.30. The lowest BCUT2D eigenvalue weighted by Gasteiger charge is -2.31. The Balaban J connectivity index is 1.21. The number of pyridine rings is 2. The van der Waals surface area contributed by atoms with Gasteiger partial charge >= 0.3 is 0 Å². The molecule has 53 heavy (non-hydrogen) atoms. The molecule has 12 heteroatoms. The number of carbonyl (C=O) groups excluding carboxylic acids is 4. The number of nitrogens with one attached hydrogen (secondary N) is 4. The highest BCUT2D eigenvalue weighted by Crippen LogP contribution is 2.62. The summed E-state index contributed by atoms with van der Waals surface area (Å²) in [5.74, 6) is -0.515. The molecular formula is C41H32N8O4. The molecule has 6 aromatic rings. The summed E-state index contributed by atoms with van der Waals surface area (Å²) in [6, 6.07) is 37.5. The first-order valence-electron chi connectivity index (χ1n) is 16.9. The number of fused-ring (bicyclic) bond motifs is 10. The molecule has 2 aromatic heterocycles. The lowest BCUT2D eigenvalue weighted by molar-refractivity contribution is -0.115. The summed E-state index contributed by atoms with van der Waals surface area (Å²) in [6.07, 6.45) is 0. The lowest BCUT2D eigenvalue weighted by atomic mass is 9.70. The van der Waals surface area contributed by atoms with Crippen molar-refractivity contribution in [2.75, 3.05) is 34.4 Å². The number of benzene rings is 4. The van der Waals surface area contributed by atoms with Gasteiger partial charge in [0.25, 0.3) is 11.8 Å². The largest absolute Gasteiger partial charge is 0.322 e. The zero-order valence-corrected chi connectivity index (χ0v) is 28.1. The first-order valence-corrected chi connectivity index (χ1v) is 16.9. The number of amides is 4. The number of nitrogens with zero attached hydrogens (tertiary/aromatic N) is 2. The predicted octanol–water partition coefficient (Wildman–Crippen LogP) is 5.12. The van der Waals surface area contributed by atoms with Gasteiger partial charge in [0.1, 0.15) is 23.3 Å². The van der Waals surface area contributed by atoms with E-state index in [2.05, 4.69) is 55.5 Å². The molecule has 8 rings (SSSR count). The number of anilines is 4. The van der Waals surface area contributed by atoms with Crippen molar-refractivity contribution in [3.05, 3.63) is 155 Å². The zero-order chi connectivity index (χ0) is 36.7. The molecule has 1 spiro atoms. The average molecular weight is 701 g/mol. The fourth-order valence-corrected chi connectivity index (χ4v) is 7.33. The van der Waals surface area contributed by atoms with Crippen LogP contribution < -0.4 is 32.7 Å². The van der Waals surface area contributed by atoms with Gasteiger partial charge in [0.05, 0.1) is 18.5 Å². The van der Waals surface area contributed by atoms with E-state index < -0.39 is 17.2 Å². The third-order valence-electron chi connectivity index (χ3n) is 9.50. The minimum absolute atomic E-state index is 0.197. The van der Waals surface area contributed by atoms with Crippen LogP contribution in [-0.4, -0.2) is 46.7 Å². The molecule has 4 aromatic carbocycles. The van der Waals surface area contributed by atoms with Crippen LogP contribution in [0.1, 0.15) is 43.0 Å². The smallest absolute Gasteiger partial charge is 0.256 e. The molecule has 8 N–H and O–H groups in total. The highest BCUT2D eigenvalue weighted by Gasteiger charge is 2.52. The van der Waals surface area contributed by atoms with E-state index in [0.717, 1.165) is 44.5 Å². The van der Waals surface area contributed by atoms with Gasteiger partial charge in [0, 0.05) is 11.1 Å². The predicted molar refractivity (Wildman–Crippen MR) is 202 cm³/mol. The summed E-state index contributed by atoms with van der Waals surface area (Å²) < 4.78 is 0. The summed E-state index contributed by atoms with van der Waals surface area (Å²) in [5, 5.41) is 10.9. The van der Waals surface area contributed by atoms with Crippen molar-refractivity contribution >= 4 is 46.9 Å². The first-order chi connectivity index (χ1) is 25.8. The molecule has 0 atom stereocenters. The zero-order valence-electron chi connectivity index (χ0n) is 28.1. The van der Waals surface area contributed by atoms with Crippen LogP contribution >= 0.6 is 0 Å². The van der Waals surface area contributed by atoms with Gasteiger partial charge in [0.2, 0.25) is 11.8 Å². The Morgan fingerprint density at radius 1 is 0.453 bits per heavy atom. The number of aromatic nitrogens is 2. The van der Waals surface area contributed by atoms with Crippen molar-refractivity contribution < 1.29 is 19.2 Å². The number of rotatable bonds is 8. The van der Waals surface area contributed by atoms with Gasteiger partial charge in [0.15, 0.2) is 0 Å². The summed E-state index contributed by atoms with van der Waals surface area (Å²) in [5.41, 5.74) is 18.7. The maximum atomic E-state index is 13.8. The normalized spacial score (nSPS) is 12.6. The van der Waals surface area contributed by atoms with Gasteiger partial charge in [-0.25, -0.2) is 9.97 Å². The van der Waals surface area contributed by atoms with E-state index in [4.69, 9.17) is 11.5 Å². The van der Waals surface area contributed by atoms with E-state index >= 15 is 0 Å². The number of carbonyl (C=O) groups is 4. The number of hydrogen-bond acceptors (Lipinski definition) is 8. The molecule has 0 aliphatic heterocycles. The van der Waals surface area contributed by atoms with Crippen molar-refractivity contribution in [1.82, 2.24) is 9.97 Å². The third kappa shape index (κ3) is 5.68. The van der Waals surface area contributed by atoms with Gasteiger partial charge in [-0.1, -0.05) is 72.8 Å². The van der Waals surface area contributed by atoms with E-state index in [-0.39, 0.29) is 48.2 Å². The minimum Gasteiger partial charge on any atom is -0.322 e. The van der Waals surface area contributed by atoms with Crippen LogP contribution in [0, 0.1) is 0 Å². The summed E-state index contributed by atoms with van der Waals surface area (Å²) in [6.45, 7) is -0.394. The van der Waals surface area contributed by atoms with E-state index in [9.17, 15) is 19.2 Å². The standard InChI is InChI=1S/C41H32N8O4/c42-21-37(50)46-33-11-5-13-35(44-33)48-39(52)23-15-17-27-25-7-1-3-9-29(25)41(31(27)19-23)30-10-4-2-8-26(30)28-18-16-24(20-32(28)41)40(53)49-36-14-6-12-34(45-36)47-38(51)22-43/h1-20H,21-22,42-43H2,(H2,44,46,48,50,52)(H2,45,47,49,51,53). The maximum absolute atomic E-state index is 13.8. The van der Waals surface area contributed by atoms with E-state index in [1.54, 1.807) is 48.5 Å². The lowest BCUT2D eigenvalue weighted by Crippen LogP contribution is -2.27. The Labute approximate surface area is 303 Å². The topological polar surface area (TPSA) is 194 Å². The van der Waals surface area contributed by atoms with Crippen LogP contribution in [0.15, 0.2) is 121 Å². The second-order valence-corrected chi connectivity index (χ2v) is 12.6. The first kappa shape index (κ1) is 33.1. The quantitative estimate of drug-likeness (QED) is 0.126. The summed E-state index contributed by atoms with van der Waals surface area (Å²) in [7, 11) is 0. The number of nitrogens with two attached hydrogens (primary N) is 2. The van der Waals surface area contributed by atoms with Crippen LogP contribution in [0.5, 0.6) is 0 Å². The maximum Gasteiger partial charge on any atom is 0.256 e. The van der Waals surface area contributed by atoms with Gasteiger partial charge in [-0.05, 0) is 93.0 Å². The van der Waals surface area contributed by atoms with E-state index in [0.29, 0.717) is 11.1 Å². The molecular weight excluding hydrogens is 669 g/mol. The van der Waals surface area contributed by atoms with Gasteiger partial charge in [-0.15, -0.1) is 0 Å². The molecule has 2 aliphatic rings. The molecule has 0 bridgehead atoms. The molecule has 0 unspecified atom stereocenters. The Hall–Kier alpha value is -7.02. The molecule has 2 aliphatic carbocycles. The van der Waals surface area contributed by atoms with E-state index in [1.165, 1.54) is 0 Å². The van der Waals surface area contributed by atoms with Crippen LogP contribution in [0.25, 0.3) is 22.3 Å². The monoisotopic (exact) mass is 700 g/mol. The molecule has 0 fully saturated rings. The second kappa shape index (κ2) is 13.3. The van der Waals surface area contributed by atoms with Crippen molar-refractivity contribution in [1.29, 1.82) is 0 Å². The molecule has 260 valence electrons. The third-order valence-corrected chi connectivity index (χ3v) is 9.50. The van der Waals surface area contributed by atoms with Crippen molar-refractivity contribution in [2.45, 2.75) is 5.41 Å². The Morgan fingerprint density at radius 3 is 1.25 bits per heavy atom. The Bertz CT molecular complexity index is 2320. The second-order valence-electron chi connectivity index (χ2n) is 12.6. The fraction of sp³-hybridized carbons (Fsp3) is 0.0732. The number of hydrogen-bond donors (Lipinski definition) is 6. The molecule has 0 saturated heterocycles. The molecule has 0 saturated carbocycles. The van der Waals surface area contributed by atoms with Crippen LogP contribution in [0.4, 0.5) is 23.3 Å². The summed E-state index contributed by atoms with van der Waals surface area (Å²) in [4.78, 5) is 60.0. The highest BCUT2D eigenvalue weighted by atomic mass is 16.2. The van der Waals surface area contributed by atoms with Gasteiger partial charge in [-0.2, -0.15) is 0 Å². The average Bonchev–Trinajstić information content (AvgIpc) is 3.64. The van der Waals surface area contributed by atoms with Crippen molar-refractivity contribution in [2.24, 2.45) is 11.5 Å². The Morgan fingerprint density at radius 2 is 0.830 bits per heavy atom. The van der Waals surface area contributed by atoms with Crippen LogP contribution in [0.2, 0.25) is 0 Å². The van der Waals surface area contributed by atoms with Crippen molar-refractivity contribution in [3.8, 4) is 22.3 Å². The molecule has 0 radical (unpaired) electrons. The SMILES string of the molecule is NCC(=O)Nc1cccc(NC(=O)c2ccc3c(c2)C2(c4ccccc4-3)c3ccccc3-c3ccc(C(=O)Nc4cccc(NC(=O)CN)n4)cc32)n1. The van der Waals surface area contributed by atoms with Gasteiger partial charge < -0.3 is 32.7 Å². The van der Waals surface area contributed by atoms with Crippen LogP contribution in [0.3, 0.4) is 0 Å². The minimum atomic E-state index is -0.847. The van der Waals surface area contributed by atoms with E-state index in [1.807, 2.05) is 48.5 Å². The molecule has 4 amide bonds. The highest BCUT2D eigenvalue weighted by molar-refractivity contribution is 6.07. The summed E-state index contributed by atoms with van der Waals surface area (Å²) >= 11 is 0. The molecule has 12 nitrogen and oxygen atoms in total. The fourth-order valence-electron chi connectivity index (χ4n) is 7.33.